The van der Waals surface area contributed by atoms with Crippen LogP contribution in [0.2, 0.25) is 0 Å². The molecule has 104 valence electrons. The Kier molecular flexibility index (Phi) is 3.79. The van der Waals surface area contributed by atoms with E-state index in [1.165, 1.54) is 43.6 Å². The maximum absolute atomic E-state index is 3.38. The number of anilines is 1. The van der Waals surface area contributed by atoms with Crippen molar-refractivity contribution in [2.45, 2.75) is 38.6 Å². The lowest BCUT2D eigenvalue weighted by Gasteiger charge is -2.21. The van der Waals surface area contributed by atoms with Crippen molar-refractivity contribution in [3.63, 3.8) is 0 Å². The third kappa shape index (κ3) is 2.51. The summed E-state index contributed by atoms with van der Waals surface area (Å²) in [6.45, 7) is 4.80. The highest BCUT2D eigenvalue weighted by atomic mass is 15.2. The van der Waals surface area contributed by atoms with Gasteiger partial charge in [-0.15, -0.1) is 0 Å². The Morgan fingerprint density at radius 2 is 1.79 bits per heavy atom. The average Bonchev–Trinajstić information content (AvgIpc) is 3.02. The van der Waals surface area contributed by atoms with Gasteiger partial charge in [-0.05, 0) is 55.8 Å². The van der Waals surface area contributed by atoms with Crippen molar-refractivity contribution in [2.24, 2.45) is 11.8 Å². The Morgan fingerprint density at radius 1 is 1.16 bits per heavy atom. The number of nitrogens with zero attached hydrogens (tertiary/aromatic N) is 1. The maximum Gasteiger partial charge on any atom is 0.0366 e. The Balaban J connectivity index is 1.69. The molecular weight excluding hydrogens is 232 g/mol. The minimum absolute atomic E-state index is 0.493. The molecule has 1 saturated heterocycles. The van der Waals surface area contributed by atoms with Gasteiger partial charge in [-0.3, -0.25) is 0 Å². The van der Waals surface area contributed by atoms with E-state index in [0.717, 1.165) is 18.3 Å². The molecule has 3 unspecified atom stereocenters. The minimum Gasteiger partial charge on any atom is -0.371 e. The van der Waals surface area contributed by atoms with Crippen LogP contribution in [0.1, 0.15) is 44.2 Å². The third-order valence-electron chi connectivity index (χ3n) is 5.14. The quantitative estimate of drug-likeness (QED) is 0.888. The molecule has 2 fully saturated rings. The van der Waals surface area contributed by atoms with Gasteiger partial charge in [-0.1, -0.05) is 25.5 Å². The molecule has 1 saturated carbocycles. The minimum atomic E-state index is 0.493. The van der Waals surface area contributed by atoms with Crippen LogP contribution in [0.3, 0.4) is 0 Å². The number of hydrogen-bond acceptors (Lipinski definition) is 2. The van der Waals surface area contributed by atoms with E-state index in [0.29, 0.717) is 6.04 Å². The molecule has 1 aromatic rings. The van der Waals surface area contributed by atoms with Crippen LogP contribution in [0.25, 0.3) is 0 Å². The fraction of sp³-hybridized carbons (Fsp3) is 0.647. The highest BCUT2D eigenvalue weighted by Gasteiger charge is 2.35. The molecule has 19 heavy (non-hydrogen) atoms. The van der Waals surface area contributed by atoms with Gasteiger partial charge in [0.1, 0.15) is 0 Å². The van der Waals surface area contributed by atoms with Crippen molar-refractivity contribution < 1.29 is 0 Å². The van der Waals surface area contributed by atoms with Crippen molar-refractivity contribution in [1.82, 2.24) is 5.32 Å². The monoisotopic (exact) mass is 258 g/mol. The summed E-state index contributed by atoms with van der Waals surface area (Å²) in [7, 11) is 2.05. The Labute approximate surface area is 117 Å². The molecule has 1 aliphatic carbocycles. The van der Waals surface area contributed by atoms with Gasteiger partial charge >= 0.3 is 0 Å². The van der Waals surface area contributed by atoms with Gasteiger partial charge in [-0.25, -0.2) is 0 Å². The normalized spacial score (nSPS) is 27.6. The smallest absolute Gasteiger partial charge is 0.0366 e. The summed E-state index contributed by atoms with van der Waals surface area (Å²) in [4.78, 5) is 2.60. The lowest BCUT2D eigenvalue weighted by molar-refractivity contribution is 0.494. The predicted octanol–water partition coefficient (Wildman–Crippen LogP) is 3.59. The second kappa shape index (κ2) is 5.54. The zero-order valence-electron chi connectivity index (χ0n) is 12.2. The zero-order valence-corrected chi connectivity index (χ0v) is 12.2. The number of hydrogen-bond donors (Lipinski definition) is 1. The van der Waals surface area contributed by atoms with E-state index in [4.69, 9.17) is 0 Å². The topological polar surface area (TPSA) is 15.3 Å². The Hall–Kier alpha value is -1.02. The van der Waals surface area contributed by atoms with E-state index in [1.54, 1.807) is 0 Å². The molecule has 2 heteroatoms. The number of fused-ring (bicyclic) bond motifs is 1. The molecule has 3 atom stereocenters. The van der Waals surface area contributed by atoms with Crippen molar-refractivity contribution >= 4 is 5.69 Å². The van der Waals surface area contributed by atoms with Crippen LogP contribution >= 0.6 is 0 Å². The first kappa shape index (κ1) is 13.0. The van der Waals surface area contributed by atoms with Crippen molar-refractivity contribution in [3.8, 4) is 0 Å². The lowest BCUT2D eigenvalue weighted by atomic mass is 10.0. The van der Waals surface area contributed by atoms with Gasteiger partial charge in [0, 0.05) is 24.8 Å². The van der Waals surface area contributed by atoms with Crippen LogP contribution in [0.4, 0.5) is 5.69 Å². The summed E-state index contributed by atoms with van der Waals surface area (Å²) < 4.78 is 0. The van der Waals surface area contributed by atoms with Crippen molar-refractivity contribution in [1.29, 1.82) is 0 Å². The van der Waals surface area contributed by atoms with Gasteiger partial charge in [0.05, 0.1) is 0 Å². The molecular formula is C17H26N2. The van der Waals surface area contributed by atoms with E-state index in [-0.39, 0.29) is 0 Å². The fourth-order valence-corrected chi connectivity index (χ4v) is 3.97. The second-order valence-corrected chi connectivity index (χ2v) is 6.20. The summed E-state index contributed by atoms with van der Waals surface area (Å²) in [5.41, 5.74) is 2.83. The van der Waals surface area contributed by atoms with Gasteiger partial charge in [-0.2, -0.15) is 0 Å². The van der Waals surface area contributed by atoms with E-state index in [9.17, 15) is 0 Å². The van der Waals surface area contributed by atoms with Crippen molar-refractivity contribution in [2.75, 3.05) is 25.0 Å². The number of benzene rings is 1. The molecule has 0 bridgehead atoms. The first-order valence-electron chi connectivity index (χ1n) is 7.84. The molecule has 3 rings (SSSR count). The average molecular weight is 258 g/mol. The maximum atomic E-state index is 3.38. The summed E-state index contributed by atoms with van der Waals surface area (Å²) in [6, 6.07) is 9.72. The molecule has 0 aromatic heterocycles. The highest BCUT2D eigenvalue weighted by molar-refractivity contribution is 5.49. The van der Waals surface area contributed by atoms with Crippen molar-refractivity contribution in [3.05, 3.63) is 29.8 Å². The van der Waals surface area contributed by atoms with Crippen LogP contribution in [0.5, 0.6) is 0 Å². The number of rotatable bonds is 4. The molecule has 1 aliphatic heterocycles. The SMILES string of the molecule is CCC(NC)c1ccc(N2CC3CCCC3C2)cc1. The zero-order chi connectivity index (χ0) is 13.2. The second-order valence-electron chi connectivity index (χ2n) is 6.20. The first-order chi connectivity index (χ1) is 9.31. The standard InChI is InChI=1S/C17H26N2/c1-3-17(18-2)13-7-9-16(10-8-13)19-11-14-5-4-6-15(14)12-19/h7-10,14-15,17-18H,3-6,11-12H2,1-2H3. The number of nitrogens with one attached hydrogen (secondary N) is 1. The van der Waals surface area contributed by atoms with Crippen LogP contribution in [-0.2, 0) is 0 Å². The molecule has 0 amide bonds. The van der Waals surface area contributed by atoms with Crippen LogP contribution in [0, 0.1) is 11.8 Å². The summed E-state index contributed by atoms with van der Waals surface area (Å²) in [5.74, 6) is 1.95. The largest absolute Gasteiger partial charge is 0.371 e. The Bertz CT molecular complexity index is 396. The van der Waals surface area contributed by atoms with Crippen LogP contribution < -0.4 is 10.2 Å². The Morgan fingerprint density at radius 3 is 2.32 bits per heavy atom. The molecule has 2 aliphatic rings. The van der Waals surface area contributed by atoms with Crippen LogP contribution in [0.15, 0.2) is 24.3 Å². The lowest BCUT2D eigenvalue weighted by Crippen LogP contribution is -2.21. The summed E-state index contributed by atoms with van der Waals surface area (Å²) in [6.07, 6.45) is 5.51. The van der Waals surface area contributed by atoms with Gasteiger partial charge in [0.2, 0.25) is 0 Å². The molecule has 1 aromatic carbocycles. The van der Waals surface area contributed by atoms with E-state index >= 15 is 0 Å². The fourth-order valence-electron chi connectivity index (χ4n) is 3.97. The van der Waals surface area contributed by atoms with E-state index < -0.39 is 0 Å². The third-order valence-corrected chi connectivity index (χ3v) is 5.14. The molecule has 1 N–H and O–H groups in total. The van der Waals surface area contributed by atoms with Crippen LogP contribution in [-0.4, -0.2) is 20.1 Å². The van der Waals surface area contributed by atoms with Gasteiger partial charge < -0.3 is 10.2 Å². The molecule has 2 nitrogen and oxygen atoms in total. The first-order valence-corrected chi connectivity index (χ1v) is 7.84. The van der Waals surface area contributed by atoms with Gasteiger partial charge in [0.15, 0.2) is 0 Å². The predicted molar refractivity (Wildman–Crippen MR) is 81.6 cm³/mol. The van der Waals surface area contributed by atoms with E-state index in [1.807, 2.05) is 7.05 Å². The highest BCUT2D eigenvalue weighted by Crippen LogP contribution is 2.39. The molecule has 1 heterocycles. The summed E-state index contributed by atoms with van der Waals surface area (Å²) >= 11 is 0. The van der Waals surface area contributed by atoms with E-state index in [2.05, 4.69) is 41.4 Å². The van der Waals surface area contributed by atoms with Gasteiger partial charge in [0.25, 0.3) is 0 Å². The molecule has 0 radical (unpaired) electrons. The summed E-state index contributed by atoms with van der Waals surface area (Å²) in [5, 5.41) is 3.38. The molecule has 0 spiro atoms.